The number of Topliss-reactive ketones (excluding diaryl/α,β-unsaturated/α-hetero) is 1. The normalized spacial score (nSPS) is 15.9. The van der Waals surface area contributed by atoms with E-state index < -0.39 is 6.09 Å². The van der Waals surface area contributed by atoms with Gasteiger partial charge in [-0.05, 0) is 61.6 Å². The molecule has 2 amide bonds. The van der Waals surface area contributed by atoms with Crippen molar-refractivity contribution < 1.29 is 19.1 Å². The summed E-state index contributed by atoms with van der Waals surface area (Å²) < 4.78 is 4.88. The minimum absolute atomic E-state index is 0.0257. The van der Waals surface area contributed by atoms with Gasteiger partial charge in [0.15, 0.2) is 5.78 Å². The van der Waals surface area contributed by atoms with Crippen LogP contribution in [0.3, 0.4) is 0 Å². The largest absolute Gasteiger partial charge is 0.448 e. The number of anilines is 1. The quantitative estimate of drug-likeness (QED) is 0.532. The third-order valence-corrected chi connectivity index (χ3v) is 5.34. The zero-order valence-corrected chi connectivity index (χ0v) is 17.8. The van der Waals surface area contributed by atoms with Crippen molar-refractivity contribution in [1.29, 1.82) is 0 Å². The summed E-state index contributed by atoms with van der Waals surface area (Å²) in [5, 5.41) is 2.87. The van der Waals surface area contributed by atoms with Gasteiger partial charge in [0, 0.05) is 28.3 Å². The van der Waals surface area contributed by atoms with Crippen LogP contribution in [0.1, 0.15) is 65.0 Å². The Balaban J connectivity index is 1.67. The van der Waals surface area contributed by atoms with Gasteiger partial charge in [-0.3, -0.25) is 9.59 Å². The summed E-state index contributed by atoms with van der Waals surface area (Å²) in [5.74, 6) is 0.0294. The molecule has 1 aliphatic carbocycles. The topological polar surface area (TPSA) is 111 Å². The van der Waals surface area contributed by atoms with Gasteiger partial charge in [0.1, 0.15) is 5.84 Å². The molecule has 0 radical (unpaired) electrons. The summed E-state index contributed by atoms with van der Waals surface area (Å²) in [4.78, 5) is 40.3. The van der Waals surface area contributed by atoms with Crippen LogP contribution in [0.5, 0.6) is 0 Å². The minimum Gasteiger partial charge on any atom is -0.448 e. The number of hydrogen-bond acceptors (Lipinski definition) is 4. The number of nitrogens with one attached hydrogen (secondary N) is 1. The number of ketones is 1. The maximum absolute atomic E-state index is 12.6. The van der Waals surface area contributed by atoms with Crippen LogP contribution in [0.15, 0.2) is 47.5 Å². The zero-order valence-electron chi connectivity index (χ0n) is 17.8. The molecular formula is C24H27N3O4. The Morgan fingerprint density at radius 1 is 1.13 bits per heavy atom. The number of carbonyl (C=O) groups is 3. The Hall–Kier alpha value is -3.48. The third kappa shape index (κ3) is 5.36. The second-order valence-electron chi connectivity index (χ2n) is 7.52. The highest BCUT2D eigenvalue weighted by atomic mass is 16.5. The maximum atomic E-state index is 12.6. The van der Waals surface area contributed by atoms with Crippen LogP contribution in [0, 0.1) is 5.92 Å². The number of amidine groups is 1. The lowest BCUT2D eigenvalue weighted by molar-refractivity contribution is 0.0898. The molecule has 0 heterocycles. The molecule has 0 fully saturated rings. The first-order chi connectivity index (χ1) is 14.9. The molecule has 31 heavy (non-hydrogen) atoms. The van der Waals surface area contributed by atoms with E-state index in [4.69, 9.17) is 10.5 Å². The Kier molecular flexibility index (Phi) is 7.18. The molecule has 0 saturated heterocycles. The molecule has 3 N–H and O–H groups in total. The summed E-state index contributed by atoms with van der Waals surface area (Å²) in [6.07, 6.45) is 2.48. The van der Waals surface area contributed by atoms with Gasteiger partial charge in [-0.15, -0.1) is 0 Å². The Bertz CT molecular complexity index is 1010. The molecule has 2 aromatic rings. The SMILES string of the molecule is CCCOC(=O)/N=C(/N)c1ccc(C(=O)Nc2ccc3c(c2)CCC(CC)C3=O)cc1. The van der Waals surface area contributed by atoms with Gasteiger partial charge in [-0.2, -0.15) is 4.99 Å². The molecule has 0 aromatic heterocycles. The Labute approximate surface area is 181 Å². The molecule has 3 rings (SSSR count). The van der Waals surface area contributed by atoms with E-state index in [1.54, 1.807) is 36.4 Å². The van der Waals surface area contributed by atoms with E-state index >= 15 is 0 Å². The highest BCUT2D eigenvalue weighted by Crippen LogP contribution is 2.29. The number of hydrogen-bond donors (Lipinski definition) is 2. The fourth-order valence-corrected chi connectivity index (χ4v) is 3.57. The molecule has 0 bridgehead atoms. The van der Waals surface area contributed by atoms with Gasteiger partial charge in [-0.25, -0.2) is 4.79 Å². The van der Waals surface area contributed by atoms with Gasteiger partial charge in [0.05, 0.1) is 6.61 Å². The van der Waals surface area contributed by atoms with Gasteiger partial charge in [0.2, 0.25) is 0 Å². The molecule has 0 aliphatic heterocycles. The first-order valence-electron chi connectivity index (χ1n) is 10.5. The number of fused-ring (bicyclic) bond motifs is 1. The lowest BCUT2D eigenvalue weighted by Gasteiger charge is -2.22. The molecule has 1 unspecified atom stereocenters. The van der Waals surface area contributed by atoms with E-state index in [1.807, 2.05) is 19.9 Å². The van der Waals surface area contributed by atoms with Crippen molar-refractivity contribution in [3.8, 4) is 0 Å². The lowest BCUT2D eigenvalue weighted by Crippen LogP contribution is -2.22. The number of amides is 2. The van der Waals surface area contributed by atoms with E-state index in [9.17, 15) is 14.4 Å². The van der Waals surface area contributed by atoms with Crippen molar-refractivity contribution in [3.05, 3.63) is 64.7 Å². The number of carbonyl (C=O) groups excluding carboxylic acids is 3. The molecule has 0 saturated carbocycles. The summed E-state index contributed by atoms with van der Waals surface area (Å²) in [6, 6.07) is 11.9. The monoisotopic (exact) mass is 421 g/mol. The minimum atomic E-state index is -0.739. The van der Waals surface area contributed by atoms with Gasteiger partial charge < -0.3 is 15.8 Å². The van der Waals surface area contributed by atoms with Gasteiger partial charge >= 0.3 is 6.09 Å². The standard InChI is InChI=1S/C24H27N3O4/c1-3-13-31-24(30)27-22(25)16-6-8-17(9-7-16)23(29)26-19-11-12-20-18(14-19)10-5-15(4-2)21(20)28/h6-9,11-12,14-15H,3-5,10,13H2,1-2H3,(H,26,29)(H2,25,27,30). The molecule has 2 aromatic carbocycles. The number of ether oxygens (including phenoxy) is 1. The van der Waals surface area contributed by atoms with E-state index in [2.05, 4.69) is 10.3 Å². The Morgan fingerprint density at radius 3 is 2.52 bits per heavy atom. The lowest BCUT2D eigenvalue weighted by atomic mass is 9.81. The average molecular weight is 421 g/mol. The molecule has 7 nitrogen and oxygen atoms in total. The number of benzene rings is 2. The van der Waals surface area contributed by atoms with Crippen molar-refractivity contribution in [1.82, 2.24) is 0 Å². The number of aliphatic imine (C=N–C) groups is 1. The van der Waals surface area contributed by atoms with Crippen molar-refractivity contribution in [2.45, 2.75) is 39.5 Å². The molecule has 7 heteroatoms. The predicted molar refractivity (Wildman–Crippen MR) is 120 cm³/mol. The van der Waals surface area contributed by atoms with Crippen molar-refractivity contribution in [2.75, 3.05) is 11.9 Å². The second-order valence-corrected chi connectivity index (χ2v) is 7.52. The summed E-state index contributed by atoms with van der Waals surface area (Å²) in [7, 11) is 0. The van der Waals surface area contributed by atoms with Gasteiger partial charge in [-0.1, -0.05) is 26.0 Å². The number of nitrogens with zero attached hydrogens (tertiary/aromatic N) is 1. The molecule has 0 spiro atoms. The van der Waals surface area contributed by atoms with Crippen LogP contribution in [0.25, 0.3) is 0 Å². The number of nitrogens with two attached hydrogens (primary N) is 1. The first kappa shape index (κ1) is 22.2. The van der Waals surface area contributed by atoms with Crippen LogP contribution in [0.2, 0.25) is 0 Å². The maximum Gasteiger partial charge on any atom is 0.435 e. The van der Waals surface area contributed by atoms with Crippen LogP contribution in [-0.4, -0.2) is 30.2 Å². The molecule has 1 atom stereocenters. The van der Waals surface area contributed by atoms with Crippen LogP contribution in [0.4, 0.5) is 10.5 Å². The highest BCUT2D eigenvalue weighted by Gasteiger charge is 2.26. The van der Waals surface area contributed by atoms with Crippen LogP contribution in [-0.2, 0) is 11.2 Å². The second kappa shape index (κ2) is 10.0. The summed E-state index contributed by atoms with van der Waals surface area (Å²) >= 11 is 0. The smallest absolute Gasteiger partial charge is 0.435 e. The predicted octanol–water partition coefficient (Wildman–Crippen LogP) is 4.35. The van der Waals surface area contributed by atoms with E-state index in [-0.39, 0.29) is 30.1 Å². The first-order valence-corrected chi connectivity index (χ1v) is 10.5. The van der Waals surface area contributed by atoms with E-state index in [0.29, 0.717) is 23.2 Å². The molecule has 162 valence electrons. The van der Waals surface area contributed by atoms with Crippen LogP contribution < -0.4 is 11.1 Å². The van der Waals surface area contributed by atoms with Crippen molar-refractivity contribution >= 4 is 29.3 Å². The zero-order chi connectivity index (χ0) is 22.4. The Morgan fingerprint density at radius 2 is 1.84 bits per heavy atom. The average Bonchev–Trinajstić information content (AvgIpc) is 2.78. The summed E-state index contributed by atoms with van der Waals surface area (Å²) in [5.41, 5.74) is 9.17. The van der Waals surface area contributed by atoms with Gasteiger partial charge in [0.25, 0.3) is 5.91 Å². The molecular weight excluding hydrogens is 394 g/mol. The van der Waals surface area contributed by atoms with Crippen LogP contribution >= 0.6 is 0 Å². The fourth-order valence-electron chi connectivity index (χ4n) is 3.57. The van der Waals surface area contributed by atoms with Crippen molar-refractivity contribution in [3.63, 3.8) is 0 Å². The van der Waals surface area contributed by atoms with Crippen molar-refractivity contribution in [2.24, 2.45) is 16.6 Å². The molecule has 1 aliphatic rings. The number of rotatable bonds is 6. The highest BCUT2D eigenvalue weighted by molar-refractivity contribution is 6.07. The number of aryl methyl sites for hydroxylation is 1. The third-order valence-electron chi connectivity index (χ3n) is 5.34. The summed E-state index contributed by atoms with van der Waals surface area (Å²) in [6.45, 7) is 4.20. The fraction of sp³-hybridized carbons (Fsp3) is 0.333. The van der Waals surface area contributed by atoms with E-state index in [1.165, 1.54) is 0 Å². The van der Waals surface area contributed by atoms with E-state index in [0.717, 1.165) is 30.4 Å².